The molecule has 0 aromatic heterocycles. The summed E-state index contributed by atoms with van der Waals surface area (Å²) in [5.74, 6) is -0.927. The van der Waals surface area contributed by atoms with Crippen molar-refractivity contribution in [3.63, 3.8) is 0 Å². The van der Waals surface area contributed by atoms with Gasteiger partial charge >= 0.3 is 5.97 Å². The third-order valence-electron chi connectivity index (χ3n) is 0.904. The average molecular weight is 143 g/mol. The van der Waals surface area contributed by atoms with E-state index in [0.29, 0.717) is 6.42 Å². The van der Waals surface area contributed by atoms with Crippen LogP contribution in [0.25, 0.3) is 0 Å². The molecule has 0 aromatic rings. The Balaban J connectivity index is 3.64. The van der Waals surface area contributed by atoms with E-state index in [1.165, 1.54) is 0 Å². The van der Waals surface area contributed by atoms with Crippen LogP contribution in [0.4, 0.5) is 0 Å². The predicted molar refractivity (Wildman–Crippen MR) is 39.7 cm³/mol. The van der Waals surface area contributed by atoms with E-state index in [2.05, 4.69) is 0 Å². The van der Waals surface area contributed by atoms with Crippen molar-refractivity contribution in [2.24, 2.45) is 5.73 Å². The van der Waals surface area contributed by atoms with Crippen LogP contribution in [0.3, 0.4) is 0 Å². The van der Waals surface area contributed by atoms with Gasteiger partial charge in [0.05, 0.1) is 0 Å². The molecule has 0 rings (SSSR count). The van der Waals surface area contributed by atoms with Crippen molar-refractivity contribution in [3.8, 4) is 0 Å². The van der Waals surface area contributed by atoms with E-state index in [4.69, 9.17) is 10.8 Å². The first kappa shape index (κ1) is 9.17. The Hall–Kier alpha value is -0.830. The molecule has 0 fully saturated rings. The number of carboxylic acids is 1. The Bertz CT molecular complexity index is 144. The summed E-state index contributed by atoms with van der Waals surface area (Å²) in [5.41, 5.74) is 5.26. The standard InChI is InChI=1S/C7H13NO2/c1-7(2,8)5-3-4-6(9)10/h3-4H,5,8H2,1-2H3,(H,9,10). The second-order valence-electron chi connectivity index (χ2n) is 2.93. The van der Waals surface area contributed by atoms with E-state index >= 15 is 0 Å². The van der Waals surface area contributed by atoms with Crippen molar-refractivity contribution in [1.29, 1.82) is 0 Å². The van der Waals surface area contributed by atoms with Gasteiger partial charge in [-0.2, -0.15) is 0 Å². The smallest absolute Gasteiger partial charge is 0.327 e. The fraction of sp³-hybridized carbons (Fsp3) is 0.571. The van der Waals surface area contributed by atoms with E-state index in [-0.39, 0.29) is 5.54 Å². The van der Waals surface area contributed by atoms with Crippen LogP contribution in [0.2, 0.25) is 0 Å². The van der Waals surface area contributed by atoms with E-state index < -0.39 is 5.97 Å². The predicted octanol–water partition coefficient (Wildman–Crippen LogP) is 0.755. The summed E-state index contributed by atoms with van der Waals surface area (Å²) in [6.45, 7) is 3.69. The maximum Gasteiger partial charge on any atom is 0.327 e. The zero-order valence-corrected chi connectivity index (χ0v) is 6.29. The van der Waals surface area contributed by atoms with Crippen LogP contribution in [0.15, 0.2) is 12.2 Å². The first-order valence-electron chi connectivity index (χ1n) is 3.10. The van der Waals surface area contributed by atoms with Gasteiger partial charge in [0.15, 0.2) is 0 Å². The minimum Gasteiger partial charge on any atom is -0.478 e. The van der Waals surface area contributed by atoms with Gasteiger partial charge in [-0.05, 0) is 20.3 Å². The molecule has 0 aliphatic rings. The lowest BCUT2D eigenvalue weighted by Gasteiger charge is -2.14. The minimum atomic E-state index is -0.927. The average Bonchev–Trinajstić information content (AvgIpc) is 1.59. The first-order chi connectivity index (χ1) is 4.42. The molecular formula is C7H13NO2. The lowest BCUT2D eigenvalue weighted by Crippen LogP contribution is -2.30. The summed E-state index contributed by atoms with van der Waals surface area (Å²) in [7, 11) is 0. The summed E-state index contributed by atoms with van der Waals surface area (Å²) >= 11 is 0. The molecule has 0 aliphatic heterocycles. The molecule has 3 N–H and O–H groups in total. The topological polar surface area (TPSA) is 63.3 Å². The molecular weight excluding hydrogens is 130 g/mol. The number of carbonyl (C=O) groups is 1. The summed E-state index contributed by atoms with van der Waals surface area (Å²) < 4.78 is 0. The van der Waals surface area contributed by atoms with Crippen molar-refractivity contribution < 1.29 is 9.90 Å². The highest BCUT2D eigenvalue weighted by Crippen LogP contribution is 2.03. The zero-order chi connectivity index (χ0) is 8.20. The molecule has 58 valence electrons. The van der Waals surface area contributed by atoms with Crippen molar-refractivity contribution in [2.45, 2.75) is 25.8 Å². The Morgan fingerprint density at radius 1 is 1.70 bits per heavy atom. The molecule has 0 unspecified atom stereocenters. The molecule has 3 heteroatoms. The van der Waals surface area contributed by atoms with E-state index in [0.717, 1.165) is 6.08 Å². The quantitative estimate of drug-likeness (QED) is 0.573. The Kier molecular flexibility index (Phi) is 3.09. The van der Waals surface area contributed by atoms with Crippen LogP contribution in [-0.4, -0.2) is 16.6 Å². The third kappa shape index (κ3) is 7.17. The van der Waals surface area contributed by atoms with E-state index in [1.54, 1.807) is 6.08 Å². The van der Waals surface area contributed by atoms with E-state index in [1.807, 2.05) is 13.8 Å². The van der Waals surface area contributed by atoms with Crippen LogP contribution in [-0.2, 0) is 4.79 Å². The number of carboxylic acid groups (broad SMARTS) is 1. The molecule has 0 aliphatic carbocycles. The van der Waals surface area contributed by atoms with Gasteiger partial charge < -0.3 is 10.8 Å². The molecule has 10 heavy (non-hydrogen) atoms. The number of rotatable bonds is 3. The Morgan fingerprint density at radius 3 is 2.50 bits per heavy atom. The number of aliphatic carboxylic acids is 1. The highest BCUT2D eigenvalue weighted by molar-refractivity contribution is 5.79. The van der Waals surface area contributed by atoms with Gasteiger partial charge in [-0.1, -0.05) is 6.08 Å². The van der Waals surface area contributed by atoms with Crippen molar-refractivity contribution in [3.05, 3.63) is 12.2 Å². The van der Waals surface area contributed by atoms with Gasteiger partial charge in [-0.15, -0.1) is 0 Å². The Morgan fingerprint density at radius 2 is 2.20 bits per heavy atom. The maximum atomic E-state index is 9.96. The molecule has 3 nitrogen and oxygen atoms in total. The van der Waals surface area contributed by atoms with Crippen LogP contribution in [0.1, 0.15) is 20.3 Å². The molecule has 0 saturated heterocycles. The second-order valence-corrected chi connectivity index (χ2v) is 2.93. The SMILES string of the molecule is CC(C)(N)CC=CC(=O)O. The van der Waals surface area contributed by atoms with Gasteiger partial charge in [0, 0.05) is 11.6 Å². The molecule has 0 saturated carbocycles. The molecule has 0 atom stereocenters. The van der Waals surface area contributed by atoms with E-state index in [9.17, 15) is 4.79 Å². The molecule has 0 bridgehead atoms. The van der Waals surface area contributed by atoms with Crippen LogP contribution >= 0.6 is 0 Å². The second kappa shape index (κ2) is 3.37. The lowest BCUT2D eigenvalue weighted by atomic mass is 10.0. The highest BCUT2D eigenvalue weighted by Gasteiger charge is 2.06. The first-order valence-corrected chi connectivity index (χ1v) is 3.10. The zero-order valence-electron chi connectivity index (χ0n) is 6.29. The number of nitrogens with two attached hydrogens (primary N) is 1. The molecule has 0 radical (unpaired) electrons. The maximum absolute atomic E-state index is 9.96. The van der Waals surface area contributed by atoms with Gasteiger partial charge in [-0.25, -0.2) is 4.79 Å². The summed E-state index contributed by atoms with van der Waals surface area (Å²) in [6, 6.07) is 0. The normalized spacial score (nSPS) is 12.3. The van der Waals surface area contributed by atoms with Crippen LogP contribution < -0.4 is 5.73 Å². The highest BCUT2D eigenvalue weighted by atomic mass is 16.4. The summed E-state index contributed by atoms with van der Waals surface area (Å²) in [6.07, 6.45) is 3.25. The van der Waals surface area contributed by atoms with Gasteiger partial charge in [0.2, 0.25) is 0 Å². The lowest BCUT2D eigenvalue weighted by molar-refractivity contribution is -0.131. The van der Waals surface area contributed by atoms with Gasteiger partial charge in [0.25, 0.3) is 0 Å². The molecule has 0 spiro atoms. The summed E-state index contributed by atoms with van der Waals surface area (Å²) in [5, 5.41) is 8.18. The van der Waals surface area contributed by atoms with Crippen LogP contribution in [0, 0.1) is 0 Å². The third-order valence-corrected chi connectivity index (χ3v) is 0.904. The number of hydrogen-bond acceptors (Lipinski definition) is 2. The fourth-order valence-corrected chi connectivity index (χ4v) is 0.463. The van der Waals surface area contributed by atoms with Crippen molar-refractivity contribution >= 4 is 5.97 Å². The molecule has 0 heterocycles. The van der Waals surface area contributed by atoms with Crippen LogP contribution in [0.5, 0.6) is 0 Å². The Labute approximate surface area is 60.5 Å². The summed E-state index contributed by atoms with van der Waals surface area (Å²) in [4.78, 5) is 9.96. The number of hydrogen-bond donors (Lipinski definition) is 2. The van der Waals surface area contributed by atoms with Crippen molar-refractivity contribution in [2.75, 3.05) is 0 Å². The van der Waals surface area contributed by atoms with Gasteiger partial charge in [0.1, 0.15) is 0 Å². The minimum absolute atomic E-state index is 0.314. The molecule has 0 amide bonds. The van der Waals surface area contributed by atoms with Crippen molar-refractivity contribution in [1.82, 2.24) is 0 Å². The fourth-order valence-electron chi connectivity index (χ4n) is 0.463. The monoisotopic (exact) mass is 143 g/mol. The molecule has 0 aromatic carbocycles. The van der Waals surface area contributed by atoms with Gasteiger partial charge in [-0.3, -0.25) is 0 Å². The largest absolute Gasteiger partial charge is 0.478 e.